The van der Waals surface area contributed by atoms with Crippen LogP contribution in [0.2, 0.25) is 0 Å². The number of hydrogen-bond donors (Lipinski definition) is 0. The molecular weight excluding hydrogens is 306 g/mol. The summed E-state index contributed by atoms with van der Waals surface area (Å²) < 4.78 is 33.1. The van der Waals surface area contributed by atoms with E-state index >= 15 is 0 Å². The van der Waals surface area contributed by atoms with Crippen molar-refractivity contribution in [2.45, 2.75) is 18.6 Å². The lowest BCUT2D eigenvalue weighted by Crippen LogP contribution is -2.17. The third-order valence-corrected chi connectivity index (χ3v) is 4.99. The first-order valence-electron chi connectivity index (χ1n) is 6.63. The number of sulfone groups is 1. The smallest absolute Gasteiger partial charge is 0.249 e. The molecule has 0 bridgehead atoms. The van der Waals surface area contributed by atoms with E-state index in [1.165, 1.54) is 10.8 Å². The molecule has 116 valence electrons. The summed E-state index contributed by atoms with van der Waals surface area (Å²) in [6.45, 7) is 2.05. The predicted octanol–water partition coefficient (Wildman–Crippen LogP) is 1.05. The molecule has 0 aromatic carbocycles. The highest BCUT2D eigenvalue weighted by Crippen LogP contribution is 2.23. The molecule has 0 aliphatic carbocycles. The van der Waals surface area contributed by atoms with Crippen molar-refractivity contribution in [1.82, 2.24) is 24.5 Å². The monoisotopic (exact) mass is 321 g/mol. The van der Waals surface area contributed by atoms with Crippen LogP contribution in [0.25, 0.3) is 11.4 Å². The molecule has 22 heavy (non-hydrogen) atoms. The van der Waals surface area contributed by atoms with Gasteiger partial charge in [-0.3, -0.25) is 4.68 Å². The van der Waals surface area contributed by atoms with Gasteiger partial charge < -0.3 is 8.98 Å². The molecule has 0 fully saturated rings. The zero-order chi connectivity index (χ0) is 15.7. The van der Waals surface area contributed by atoms with Gasteiger partial charge in [-0.2, -0.15) is 5.10 Å². The van der Waals surface area contributed by atoms with Gasteiger partial charge in [0.05, 0.1) is 24.1 Å². The Labute approximate surface area is 127 Å². The minimum absolute atomic E-state index is 0.0599. The van der Waals surface area contributed by atoms with E-state index in [4.69, 9.17) is 4.42 Å². The molecule has 0 saturated carbocycles. The van der Waals surface area contributed by atoms with Crippen LogP contribution in [-0.2, 0) is 23.4 Å². The van der Waals surface area contributed by atoms with Crippen LogP contribution >= 0.6 is 0 Å². The minimum Gasteiger partial charge on any atom is -0.469 e. The van der Waals surface area contributed by atoms with Crippen LogP contribution in [-0.4, -0.2) is 38.7 Å². The summed E-state index contributed by atoms with van der Waals surface area (Å²) in [6.07, 6.45) is 4.85. The van der Waals surface area contributed by atoms with Crippen molar-refractivity contribution in [3.63, 3.8) is 0 Å². The summed E-state index contributed by atoms with van der Waals surface area (Å²) >= 11 is 0. The Morgan fingerprint density at radius 3 is 2.77 bits per heavy atom. The summed E-state index contributed by atoms with van der Waals surface area (Å²) in [5, 5.41) is 11.7. The number of aryl methyl sites for hydroxylation is 2. The van der Waals surface area contributed by atoms with E-state index in [9.17, 15) is 8.42 Å². The highest BCUT2D eigenvalue weighted by molar-refractivity contribution is 7.91. The molecule has 0 saturated heterocycles. The zero-order valence-electron chi connectivity index (χ0n) is 12.2. The number of rotatable bonds is 5. The fourth-order valence-electron chi connectivity index (χ4n) is 2.17. The lowest BCUT2D eigenvalue weighted by molar-refractivity contribution is 0.534. The molecular formula is C13H15N5O3S. The van der Waals surface area contributed by atoms with Crippen LogP contribution in [0.5, 0.6) is 0 Å². The Balaban J connectivity index is 1.89. The van der Waals surface area contributed by atoms with Crippen molar-refractivity contribution >= 4 is 9.84 Å². The molecule has 3 aromatic heterocycles. The van der Waals surface area contributed by atoms with E-state index < -0.39 is 9.84 Å². The normalized spacial score (nSPS) is 11.9. The van der Waals surface area contributed by atoms with Crippen LogP contribution < -0.4 is 0 Å². The minimum atomic E-state index is -3.55. The third-order valence-electron chi connectivity index (χ3n) is 3.36. The molecule has 8 nitrogen and oxygen atoms in total. The van der Waals surface area contributed by atoms with E-state index in [-0.39, 0.29) is 17.5 Å². The largest absolute Gasteiger partial charge is 0.469 e. The molecule has 0 unspecified atom stereocenters. The molecule has 0 N–H and O–H groups in total. The molecule has 9 heteroatoms. The van der Waals surface area contributed by atoms with Crippen molar-refractivity contribution < 1.29 is 12.8 Å². The summed E-state index contributed by atoms with van der Waals surface area (Å²) in [7, 11) is -1.92. The van der Waals surface area contributed by atoms with Crippen molar-refractivity contribution in [2.75, 3.05) is 5.75 Å². The highest BCUT2D eigenvalue weighted by atomic mass is 32.2. The van der Waals surface area contributed by atoms with E-state index in [2.05, 4.69) is 15.3 Å². The second-order valence-corrected chi connectivity index (χ2v) is 6.85. The summed E-state index contributed by atoms with van der Waals surface area (Å²) in [6, 6.07) is 3.48. The third kappa shape index (κ3) is 2.54. The maximum atomic E-state index is 12.4. The van der Waals surface area contributed by atoms with Crippen LogP contribution in [0.3, 0.4) is 0 Å². The Morgan fingerprint density at radius 2 is 2.14 bits per heavy atom. The standard InChI is InChI=1S/C13H15N5O3S/c1-10-11(4-8-21-10)12-15-16-13(17(12)2)22(19,20)9-7-18-6-3-5-14-18/h3-6,8H,7,9H2,1-2H3. The first-order chi connectivity index (χ1) is 10.5. The van der Waals surface area contributed by atoms with Gasteiger partial charge in [-0.05, 0) is 19.1 Å². The van der Waals surface area contributed by atoms with Gasteiger partial charge in [-0.25, -0.2) is 8.42 Å². The van der Waals surface area contributed by atoms with Gasteiger partial charge in [0.2, 0.25) is 15.0 Å². The Bertz CT molecular complexity index is 877. The zero-order valence-corrected chi connectivity index (χ0v) is 13.0. The Morgan fingerprint density at radius 1 is 1.32 bits per heavy atom. The van der Waals surface area contributed by atoms with Crippen LogP contribution in [0.15, 0.2) is 40.4 Å². The topological polar surface area (TPSA) is 95.8 Å². The molecule has 3 aromatic rings. The van der Waals surface area contributed by atoms with Gasteiger partial charge in [-0.1, -0.05) is 0 Å². The van der Waals surface area contributed by atoms with Crippen molar-refractivity contribution in [3.8, 4) is 11.4 Å². The molecule has 0 amide bonds. The van der Waals surface area contributed by atoms with E-state index in [0.29, 0.717) is 11.6 Å². The van der Waals surface area contributed by atoms with Crippen LogP contribution in [0.1, 0.15) is 5.76 Å². The van der Waals surface area contributed by atoms with Gasteiger partial charge in [0.15, 0.2) is 5.82 Å². The first kappa shape index (κ1) is 14.5. The molecule has 0 radical (unpaired) electrons. The fraction of sp³-hybridized carbons (Fsp3) is 0.308. The lowest BCUT2D eigenvalue weighted by atomic mass is 10.2. The van der Waals surface area contributed by atoms with Crippen molar-refractivity contribution in [1.29, 1.82) is 0 Å². The van der Waals surface area contributed by atoms with E-state index in [1.54, 1.807) is 43.2 Å². The maximum Gasteiger partial charge on any atom is 0.249 e. The average Bonchev–Trinajstić information content (AvgIpc) is 3.18. The molecule has 0 atom stereocenters. The predicted molar refractivity (Wildman–Crippen MR) is 77.7 cm³/mol. The summed E-state index contributed by atoms with van der Waals surface area (Å²) in [5.74, 6) is 1.03. The van der Waals surface area contributed by atoms with E-state index in [0.717, 1.165) is 5.56 Å². The van der Waals surface area contributed by atoms with Crippen LogP contribution in [0.4, 0.5) is 0 Å². The number of aromatic nitrogens is 5. The Kier molecular flexibility index (Phi) is 3.57. The first-order valence-corrected chi connectivity index (χ1v) is 8.28. The summed E-state index contributed by atoms with van der Waals surface area (Å²) in [5.41, 5.74) is 0.725. The van der Waals surface area contributed by atoms with Gasteiger partial charge in [0, 0.05) is 19.4 Å². The lowest BCUT2D eigenvalue weighted by Gasteiger charge is -2.05. The second kappa shape index (κ2) is 5.41. The molecule has 3 heterocycles. The second-order valence-electron chi connectivity index (χ2n) is 4.84. The quantitative estimate of drug-likeness (QED) is 0.697. The van der Waals surface area contributed by atoms with Gasteiger partial charge >= 0.3 is 0 Å². The summed E-state index contributed by atoms with van der Waals surface area (Å²) in [4.78, 5) is 0. The van der Waals surface area contributed by atoms with E-state index in [1.807, 2.05) is 0 Å². The average molecular weight is 321 g/mol. The van der Waals surface area contributed by atoms with Gasteiger partial charge in [0.1, 0.15) is 5.76 Å². The molecule has 0 aliphatic heterocycles. The fourth-order valence-corrected chi connectivity index (χ4v) is 3.45. The maximum absolute atomic E-state index is 12.4. The Hall–Kier alpha value is -2.42. The SMILES string of the molecule is Cc1occc1-c1nnc(S(=O)(=O)CCn2cccn2)n1C. The van der Waals surface area contributed by atoms with Gasteiger partial charge in [-0.15, -0.1) is 10.2 Å². The molecule has 0 aliphatic rings. The number of nitrogens with zero attached hydrogens (tertiary/aromatic N) is 5. The number of hydrogen-bond acceptors (Lipinski definition) is 6. The van der Waals surface area contributed by atoms with Crippen LogP contribution in [0, 0.1) is 6.92 Å². The molecule has 3 rings (SSSR count). The van der Waals surface area contributed by atoms with Crippen molar-refractivity contribution in [2.24, 2.45) is 7.05 Å². The van der Waals surface area contributed by atoms with Crippen molar-refractivity contribution in [3.05, 3.63) is 36.5 Å². The van der Waals surface area contributed by atoms with Gasteiger partial charge in [0.25, 0.3) is 0 Å². The number of furan rings is 1. The molecule has 0 spiro atoms. The highest BCUT2D eigenvalue weighted by Gasteiger charge is 2.24.